The number of aliphatic hydroxyl groups excluding tert-OH is 2. The zero-order chi connectivity index (χ0) is 8.01. The molecule has 2 N–H and O–H groups in total. The molecule has 0 amide bonds. The SMILES string of the molecule is CN1[C@@H]2CC[C@@H]1[C@@H](O)[C@@H](O)C2. The van der Waals surface area contributed by atoms with Gasteiger partial charge in [0.15, 0.2) is 0 Å². The predicted molar refractivity (Wildman–Crippen MR) is 41.2 cm³/mol. The molecular formula is C8H15NO2. The minimum atomic E-state index is -0.515. The summed E-state index contributed by atoms with van der Waals surface area (Å²) in [6.45, 7) is 0. The number of fused-ring (bicyclic) bond motifs is 2. The Morgan fingerprint density at radius 2 is 2.00 bits per heavy atom. The van der Waals surface area contributed by atoms with Crippen molar-refractivity contribution in [2.75, 3.05) is 7.05 Å². The van der Waals surface area contributed by atoms with Crippen molar-refractivity contribution in [3.8, 4) is 0 Å². The second-order valence-electron chi connectivity index (χ2n) is 3.76. The first-order valence-corrected chi connectivity index (χ1v) is 4.28. The summed E-state index contributed by atoms with van der Waals surface area (Å²) < 4.78 is 0. The topological polar surface area (TPSA) is 43.7 Å². The summed E-state index contributed by atoms with van der Waals surface area (Å²) in [6, 6.07) is 0.724. The van der Waals surface area contributed by atoms with E-state index in [1.165, 1.54) is 0 Å². The van der Waals surface area contributed by atoms with E-state index in [4.69, 9.17) is 0 Å². The van der Waals surface area contributed by atoms with Crippen molar-refractivity contribution in [1.29, 1.82) is 0 Å². The highest BCUT2D eigenvalue weighted by Gasteiger charge is 2.43. The second kappa shape index (κ2) is 2.44. The maximum atomic E-state index is 9.54. The molecule has 0 aromatic carbocycles. The van der Waals surface area contributed by atoms with E-state index in [0.29, 0.717) is 6.04 Å². The van der Waals surface area contributed by atoms with E-state index in [0.717, 1.165) is 19.3 Å². The van der Waals surface area contributed by atoms with Crippen LogP contribution in [0, 0.1) is 0 Å². The lowest BCUT2D eigenvalue weighted by Crippen LogP contribution is -2.52. The number of hydrogen-bond donors (Lipinski definition) is 2. The van der Waals surface area contributed by atoms with Crippen LogP contribution in [-0.4, -0.2) is 46.5 Å². The smallest absolute Gasteiger partial charge is 0.0954 e. The van der Waals surface area contributed by atoms with Crippen LogP contribution in [0.3, 0.4) is 0 Å². The van der Waals surface area contributed by atoms with E-state index in [-0.39, 0.29) is 6.04 Å². The lowest BCUT2D eigenvalue weighted by molar-refractivity contribution is -0.0671. The average Bonchev–Trinajstić information content (AvgIpc) is 2.23. The van der Waals surface area contributed by atoms with Crippen molar-refractivity contribution in [2.24, 2.45) is 0 Å². The quantitative estimate of drug-likeness (QED) is 0.501. The molecule has 3 nitrogen and oxygen atoms in total. The molecule has 3 heteroatoms. The molecule has 0 spiro atoms. The van der Waals surface area contributed by atoms with E-state index < -0.39 is 12.2 Å². The first-order valence-electron chi connectivity index (χ1n) is 4.28. The highest BCUT2D eigenvalue weighted by molar-refractivity contribution is 4.98. The Bertz CT molecular complexity index is 162. The minimum Gasteiger partial charge on any atom is -0.390 e. The molecule has 0 aromatic rings. The van der Waals surface area contributed by atoms with Crippen molar-refractivity contribution in [2.45, 2.75) is 43.6 Å². The number of piperidine rings is 1. The summed E-state index contributed by atoms with van der Waals surface area (Å²) in [6.07, 6.45) is 1.92. The molecule has 11 heavy (non-hydrogen) atoms. The summed E-state index contributed by atoms with van der Waals surface area (Å²) in [5, 5.41) is 18.9. The average molecular weight is 157 g/mol. The number of likely N-dealkylation sites (N-methyl/N-ethyl adjacent to an activating group) is 1. The van der Waals surface area contributed by atoms with E-state index in [1.54, 1.807) is 0 Å². The zero-order valence-electron chi connectivity index (χ0n) is 6.77. The molecule has 2 rings (SSSR count). The molecule has 2 aliphatic rings. The Kier molecular flexibility index (Phi) is 1.67. The van der Waals surface area contributed by atoms with Gasteiger partial charge in [0.2, 0.25) is 0 Å². The molecule has 0 unspecified atom stereocenters. The van der Waals surface area contributed by atoms with Crippen LogP contribution in [0.25, 0.3) is 0 Å². The van der Waals surface area contributed by atoms with Crippen molar-refractivity contribution in [1.82, 2.24) is 4.90 Å². The molecule has 2 aliphatic heterocycles. The Balaban J connectivity index is 2.16. The Labute approximate surface area is 66.6 Å². The summed E-state index contributed by atoms with van der Waals surface area (Å²) >= 11 is 0. The van der Waals surface area contributed by atoms with Crippen LogP contribution in [0.15, 0.2) is 0 Å². The van der Waals surface area contributed by atoms with Gasteiger partial charge < -0.3 is 10.2 Å². The molecule has 0 aliphatic carbocycles. The molecule has 2 heterocycles. The lowest BCUT2D eigenvalue weighted by atomic mass is 9.98. The Morgan fingerprint density at radius 1 is 1.27 bits per heavy atom. The molecule has 64 valence electrons. The summed E-state index contributed by atoms with van der Waals surface area (Å²) in [5.41, 5.74) is 0. The predicted octanol–water partition coefficient (Wildman–Crippen LogP) is -0.425. The highest BCUT2D eigenvalue weighted by Crippen LogP contribution is 2.34. The molecular weight excluding hydrogens is 142 g/mol. The molecule has 2 saturated heterocycles. The van der Waals surface area contributed by atoms with Crippen molar-refractivity contribution in [3.05, 3.63) is 0 Å². The fraction of sp³-hybridized carbons (Fsp3) is 1.00. The third-order valence-electron chi connectivity index (χ3n) is 3.20. The van der Waals surface area contributed by atoms with E-state index >= 15 is 0 Å². The van der Waals surface area contributed by atoms with Gasteiger partial charge in [-0.2, -0.15) is 0 Å². The molecule has 2 bridgehead atoms. The van der Waals surface area contributed by atoms with Gasteiger partial charge in [-0.1, -0.05) is 0 Å². The lowest BCUT2D eigenvalue weighted by Gasteiger charge is -2.37. The standard InChI is InChI=1S/C8H15NO2/c1-9-5-2-3-6(9)8(11)7(10)4-5/h5-8,10-11H,2-4H2,1H3/t5-,6-,7+,8-/m1/s1. The van der Waals surface area contributed by atoms with Crippen LogP contribution in [0.4, 0.5) is 0 Å². The summed E-state index contributed by atoms with van der Waals surface area (Å²) in [7, 11) is 2.04. The number of rotatable bonds is 0. The van der Waals surface area contributed by atoms with Crippen molar-refractivity contribution < 1.29 is 10.2 Å². The van der Waals surface area contributed by atoms with Crippen LogP contribution in [0.5, 0.6) is 0 Å². The monoisotopic (exact) mass is 157 g/mol. The van der Waals surface area contributed by atoms with Gasteiger partial charge in [0.1, 0.15) is 0 Å². The number of hydrogen-bond acceptors (Lipinski definition) is 3. The first kappa shape index (κ1) is 7.53. The molecule has 0 saturated carbocycles. The van der Waals surface area contributed by atoms with Gasteiger partial charge in [0.05, 0.1) is 12.2 Å². The van der Waals surface area contributed by atoms with E-state index in [9.17, 15) is 10.2 Å². The number of nitrogens with zero attached hydrogens (tertiary/aromatic N) is 1. The minimum absolute atomic E-state index is 0.212. The zero-order valence-corrected chi connectivity index (χ0v) is 6.77. The Hall–Kier alpha value is -0.120. The molecule has 0 aromatic heterocycles. The third kappa shape index (κ3) is 0.991. The normalized spacial score (nSPS) is 51.5. The van der Waals surface area contributed by atoms with Gasteiger partial charge in [-0.25, -0.2) is 0 Å². The van der Waals surface area contributed by atoms with Crippen LogP contribution in [0.2, 0.25) is 0 Å². The fourth-order valence-electron chi connectivity index (χ4n) is 2.41. The van der Waals surface area contributed by atoms with Crippen LogP contribution in [0.1, 0.15) is 19.3 Å². The van der Waals surface area contributed by atoms with Gasteiger partial charge in [-0.15, -0.1) is 0 Å². The van der Waals surface area contributed by atoms with Gasteiger partial charge in [-0.05, 0) is 26.3 Å². The maximum absolute atomic E-state index is 9.54. The van der Waals surface area contributed by atoms with Crippen molar-refractivity contribution >= 4 is 0 Å². The Morgan fingerprint density at radius 3 is 2.73 bits per heavy atom. The number of aliphatic hydroxyl groups is 2. The summed E-state index contributed by atoms with van der Waals surface area (Å²) in [5.74, 6) is 0. The molecule has 0 radical (unpaired) electrons. The van der Waals surface area contributed by atoms with E-state index in [1.807, 2.05) is 7.05 Å². The summed E-state index contributed by atoms with van der Waals surface area (Å²) in [4.78, 5) is 2.21. The second-order valence-corrected chi connectivity index (χ2v) is 3.76. The molecule has 2 fully saturated rings. The third-order valence-corrected chi connectivity index (χ3v) is 3.20. The maximum Gasteiger partial charge on any atom is 0.0954 e. The van der Waals surface area contributed by atoms with Crippen LogP contribution in [-0.2, 0) is 0 Å². The van der Waals surface area contributed by atoms with Crippen LogP contribution < -0.4 is 0 Å². The van der Waals surface area contributed by atoms with Gasteiger partial charge in [0.25, 0.3) is 0 Å². The van der Waals surface area contributed by atoms with Gasteiger partial charge >= 0.3 is 0 Å². The molecule has 4 atom stereocenters. The highest BCUT2D eigenvalue weighted by atomic mass is 16.3. The van der Waals surface area contributed by atoms with Crippen molar-refractivity contribution in [3.63, 3.8) is 0 Å². The van der Waals surface area contributed by atoms with E-state index in [2.05, 4.69) is 4.90 Å². The first-order chi connectivity index (χ1) is 5.20. The largest absolute Gasteiger partial charge is 0.390 e. The van der Waals surface area contributed by atoms with Crippen LogP contribution >= 0.6 is 0 Å². The van der Waals surface area contributed by atoms with Gasteiger partial charge in [-0.3, -0.25) is 4.90 Å². The fourth-order valence-corrected chi connectivity index (χ4v) is 2.41. The van der Waals surface area contributed by atoms with Gasteiger partial charge in [0, 0.05) is 12.1 Å².